The summed E-state index contributed by atoms with van der Waals surface area (Å²) in [4.78, 5) is 27.2. The summed E-state index contributed by atoms with van der Waals surface area (Å²) in [5.41, 5.74) is 3.47. The Hall–Kier alpha value is -3.39. The maximum absolute atomic E-state index is 13.2. The molecule has 0 saturated heterocycles. The molecule has 1 N–H and O–H groups in total. The van der Waals surface area contributed by atoms with E-state index in [-0.39, 0.29) is 11.5 Å². The highest BCUT2D eigenvalue weighted by atomic mass is 32.2. The molecular formula is C25H27N5O2S. The monoisotopic (exact) mass is 461 g/mol. The molecule has 1 atom stereocenters. The average molecular weight is 462 g/mol. The lowest BCUT2D eigenvalue weighted by Gasteiger charge is -2.15. The average Bonchev–Trinajstić information content (AvgIpc) is 3.20. The van der Waals surface area contributed by atoms with Crippen molar-refractivity contribution < 1.29 is 4.79 Å². The van der Waals surface area contributed by atoms with Gasteiger partial charge in [0, 0.05) is 11.4 Å². The smallest absolute Gasteiger partial charge is 0.295 e. The number of fused-ring (bicyclic) bond motifs is 1. The van der Waals surface area contributed by atoms with Crippen molar-refractivity contribution in [1.29, 1.82) is 0 Å². The van der Waals surface area contributed by atoms with Crippen LogP contribution >= 0.6 is 11.8 Å². The third-order valence-electron chi connectivity index (χ3n) is 5.77. The number of thioether (sulfide) groups is 1. The SMILES string of the molecule is CSc1ccc(CCNC(=O)[C@H](C)n2nc(C)c3c(C)n(-c4ccccc4)nc3c2=O)cc1. The summed E-state index contributed by atoms with van der Waals surface area (Å²) in [7, 11) is 0. The molecule has 0 spiro atoms. The molecule has 0 unspecified atom stereocenters. The second kappa shape index (κ2) is 9.62. The Morgan fingerprint density at radius 2 is 1.76 bits per heavy atom. The van der Waals surface area contributed by atoms with E-state index < -0.39 is 6.04 Å². The molecule has 0 bridgehead atoms. The summed E-state index contributed by atoms with van der Waals surface area (Å²) in [5, 5.41) is 12.7. The van der Waals surface area contributed by atoms with E-state index in [1.165, 1.54) is 9.58 Å². The van der Waals surface area contributed by atoms with Gasteiger partial charge in [0.25, 0.3) is 5.56 Å². The van der Waals surface area contributed by atoms with Crippen LogP contribution in [0.4, 0.5) is 0 Å². The van der Waals surface area contributed by atoms with Crippen LogP contribution in [0.15, 0.2) is 64.3 Å². The molecule has 0 fully saturated rings. The zero-order chi connectivity index (χ0) is 23.5. The van der Waals surface area contributed by atoms with E-state index in [4.69, 9.17) is 0 Å². The molecule has 0 aliphatic heterocycles. The minimum absolute atomic E-state index is 0.247. The molecule has 1 amide bonds. The highest BCUT2D eigenvalue weighted by molar-refractivity contribution is 7.98. The summed E-state index contributed by atoms with van der Waals surface area (Å²) >= 11 is 1.70. The van der Waals surface area contributed by atoms with Gasteiger partial charge in [-0.05, 0) is 63.3 Å². The van der Waals surface area contributed by atoms with E-state index in [1.807, 2.05) is 50.4 Å². The van der Waals surface area contributed by atoms with Crippen LogP contribution in [-0.4, -0.2) is 38.3 Å². The Morgan fingerprint density at radius 1 is 1.06 bits per heavy atom. The number of nitrogens with zero attached hydrogens (tertiary/aromatic N) is 4. The van der Waals surface area contributed by atoms with E-state index in [0.717, 1.165) is 22.3 Å². The maximum Gasteiger partial charge on any atom is 0.295 e. The molecule has 2 aromatic carbocycles. The number of carbonyl (C=O) groups excluding carboxylic acids is 1. The van der Waals surface area contributed by atoms with Gasteiger partial charge in [0.1, 0.15) is 6.04 Å². The number of hydrogen-bond acceptors (Lipinski definition) is 5. The first-order valence-electron chi connectivity index (χ1n) is 10.9. The molecule has 0 aliphatic carbocycles. The quantitative estimate of drug-likeness (QED) is 0.423. The number of rotatable bonds is 7. The number of amides is 1. The van der Waals surface area contributed by atoms with E-state index >= 15 is 0 Å². The second-order valence-corrected chi connectivity index (χ2v) is 8.84. The molecule has 7 nitrogen and oxygen atoms in total. The van der Waals surface area contributed by atoms with Crippen LogP contribution in [-0.2, 0) is 11.2 Å². The summed E-state index contributed by atoms with van der Waals surface area (Å²) in [6, 6.07) is 17.2. The van der Waals surface area contributed by atoms with E-state index in [1.54, 1.807) is 23.4 Å². The molecule has 0 radical (unpaired) electrons. The topological polar surface area (TPSA) is 81.8 Å². The van der Waals surface area contributed by atoms with Gasteiger partial charge in [-0.2, -0.15) is 10.2 Å². The molecule has 170 valence electrons. The van der Waals surface area contributed by atoms with Crippen molar-refractivity contribution in [3.63, 3.8) is 0 Å². The van der Waals surface area contributed by atoms with Crippen molar-refractivity contribution in [1.82, 2.24) is 24.9 Å². The first-order chi connectivity index (χ1) is 15.9. The van der Waals surface area contributed by atoms with Gasteiger partial charge < -0.3 is 5.32 Å². The molecule has 2 heterocycles. The lowest BCUT2D eigenvalue weighted by Crippen LogP contribution is -2.38. The van der Waals surface area contributed by atoms with Crippen molar-refractivity contribution in [2.24, 2.45) is 0 Å². The van der Waals surface area contributed by atoms with Crippen LogP contribution in [0.2, 0.25) is 0 Å². The molecule has 2 aromatic heterocycles. The highest BCUT2D eigenvalue weighted by Gasteiger charge is 2.23. The van der Waals surface area contributed by atoms with E-state index in [9.17, 15) is 9.59 Å². The van der Waals surface area contributed by atoms with Gasteiger partial charge in [-0.15, -0.1) is 11.8 Å². The molecular weight excluding hydrogens is 434 g/mol. The molecule has 4 rings (SSSR count). The van der Waals surface area contributed by atoms with Crippen LogP contribution in [0.5, 0.6) is 0 Å². The standard InChI is InChI=1S/C25H27N5O2S/c1-16-22-17(2)29(20-8-6-5-7-9-20)28-23(22)25(32)30(27-16)18(3)24(31)26-15-14-19-10-12-21(33-4)13-11-19/h5-13,18H,14-15H2,1-4H3,(H,26,31)/t18-/m0/s1. The van der Waals surface area contributed by atoms with E-state index in [2.05, 4.69) is 39.8 Å². The summed E-state index contributed by atoms with van der Waals surface area (Å²) in [6.45, 7) is 5.93. The fourth-order valence-electron chi connectivity index (χ4n) is 3.91. The van der Waals surface area contributed by atoms with Gasteiger partial charge in [-0.3, -0.25) is 9.59 Å². The van der Waals surface area contributed by atoms with Crippen LogP contribution in [0.25, 0.3) is 16.6 Å². The highest BCUT2D eigenvalue weighted by Crippen LogP contribution is 2.21. The van der Waals surface area contributed by atoms with Crippen molar-refractivity contribution in [2.45, 2.75) is 38.1 Å². The molecule has 4 aromatic rings. The van der Waals surface area contributed by atoms with E-state index in [0.29, 0.717) is 24.2 Å². The summed E-state index contributed by atoms with van der Waals surface area (Å²) in [6.07, 6.45) is 2.76. The fourth-order valence-corrected chi connectivity index (χ4v) is 4.32. The van der Waals surface area contributed by atoms with Gasteiger partial charge >= 0.3 is 0 Å². The third-order valence-corrected chi connectivity index (χ3v) is 6.51. The summed E-state index contributed by atoms with van der Waals surface area (Å²) < 4.78 is 2.99. The lowest BCUT2D eigenvalue weighted by atomic mass is 10.1. The van der Waals surface area contributed by atoms with Crippen LogP contribution in [0, 0.1) is 13.8 Å². The third kappa shape index (κ3) is 4.57. The van der Waals surface area contributed by atoms with Crippen LogP contribution < -0.4 is 10.9 Å². The number of carbonyl (C=O) groups is 1. The van der Waals surface area contributed by atoms with Gasteiger partial charge in [-0.25, -0.2) is 9.36 Å². The zero-order valence-electron chi connectivity index (χ0n) is 19.2. The summed E-state index contributed by atoms with van der Waals surface area (Å²) in [5.74, 6) is -0.247. The molecule has 33 heavy (non-hydrogen) atoms. The lowest BCUT2D eigenvalue weighted by molar-refractivity contribution is -0.124. The second-order valence-electron chi connectivity index (χ2n) is 7.96. The van der Waals surface area contributed by atoms with Crippen molar-refractivity contribution in [3.05, 3.63) is 81.9 Å². The molecule has 8 heteroatoms. The normalized spacial score (nSPS) is 12.1. The van der Waals surface area contributed by atoms with Crippen molar-refractivity contribution in [3.8, 4) is 5.69 Å². The van der Waals surface area contributed by atoms with Crippen LogP contribution in [0.1, 0.15) is 29.9 Å². The van der Waals surface area contributed by atoms with Gasteiger partial charge in [0.15, 0.2) is 5.52 Å². The predicted molar refractivity (Wildman–Crippen MR) is 132 cm³/mol. The van der Waals surface area contributed by atoms with Crippen LogP contribution in [0.3, 0.4) is 0 Å². The fraction of sp³-hybridized carbons (Fsp3) is 0.280. The Bertz CT molecular complexity index is 1340. The number of para-hydroxylation sites is 1. The molecule has 0 saturated carbocycles. The minimum Gasteiger partial charge on any atom is -0.354 e. The van der Waals surface area contributed by atoms with Gasteiger partial charge in [-0.1, -0.05) is 30.3 Å². The molecule has 0 aliphatic rings. The van der Waals surface area contributed by atoms with Crippen molar-refractivity contribution >= 4 is 28.6 Å². The Kier molecular flexibility index (Phi) is 6.65. The van der Waals surface area contributed by atoms with Gasteiger partial charge in [0.2, 0.25) is 5.91 Å². The largest absolute Gasteiger partial charge is 0.354 e. The maximum atomic E-state index is 13.2. The Balaban J connectivity index is 1.55. The number of nitrogens with one attached hydrogen (secondary N) is 1. The zero-order valence-corrected chi connectivity index (χ0v) is 20.0. The first kappa shape index (κ1) is 22.8. The van der Waals surface area contributed by atoms with Crippen molar-refractivity contribution in [2.75, 3.05) is 12.8 Å². The number of benzene rings is 2. The number of aromatic nitrogens is 4. The number of hydrogen-bond donors (Lipinski definition) is 1. The first-order valence-corrected chi connectivity index (χ1v) is 12.1. The number of aryl methyl sites for hydroxylation is 2. The Morgan fingerprint density at radius 3 is 2.42 bits per heavy atom. The Labute approximate surface area is 196 Å². The van der Waals surface area contributed by atoms with Gasteiger partial charge in [0.05, 0.1) is 22.5 Å². The predicted octanol–water partition coefficient (Wildman–Crippen LogP) is 3.84. The minimum atomic E-state index is -0.748.